The third-order valence-corrected chi connectivity index (χ3v) is 4.32. The molecule has 0 saturated carbocycles. The van der Waals surface area contributed by atoms with Crippen molar-refractivity contribution in [2.75, 3.05) is 25.5 Å². The van der Waals surface area contributed by atoms with Crippen molar-refractivity contribution in [2.24, 2.45) is 5.92 Å². The van der Waals surface area contributed by atoms with Crippen molar-refractivity contribution in [3.63, 3.8) is 0 Å². The van der Waals surface area contributed by atoms with Crippen LogP contribution < -0.4 is 5.32 Å². The molecule has 7 nitrogen and oxygen atoms in total. The molecule has 1 fully saturated rings. The standard InChI is InChI=1S/C19H25ClN2O5/c1-19(2,3)27-18(25)22-9-5-6-12(11-22)16(23)21-15-8-7-13(20)10-14(15)17(24)26-4/h7-8,10,12H,5-6,9,11H2,1-4H3,(H,21,23). The summed E-state index contributed by atoms with van der Waals surface area (Å²) >= 11 is 5.93. The molecular weight excluding hydrogens is 372 g/mol. The third kappa shape index (κ3) is 5.85. The van der Waals surface area contributed by atoms with Crippen molar-refractivity contribution in [1.82, 2.24) is 4.90 Å². The highest BCUT2D eigenvalue weighted by Gasteiger charge is 2.31. The van der Waals surface area contributed by atoms with E-state index in [0.717, 1.165) is 0 Å². The van der Waals surface area contributed by atoms with Crippen LogP contribution in [0.3, 0.4) is 0 Å². The molecule has 1 unspecified atom stereocenters. The zero-order chi connectivity index (χ0) is 20.2. The summed E-state index contributed by atoms with van der Waals surface area (Å²) in [7, 11) is 1.26. The smallest absolute Gasteiger partial charge is 0.410 e. The minimum Gasteiger partial charge on any atom is -0.465 e. The van der Waals surface area contributed by atoms with Gasteiger partial charge in [0.05, 0.1) is 24.3 Å². The Bertz CT molecular complexity index is 729. The lowest BCUT2D eigenvalue weighted by atomic mass is 9.97. The number of nitrogens with zero attached hydrogens (tertiary/aromatic N) is 1. The Hall–Kier alpha value is -2.28. The van der Waals surface area contributed by atoms with Crippen molar-refractivity contribution < 1.29 is 23.9 Å². The minimum absolute atomic E-state index is 0.179. The van der Waals surface area contributed by atoms with E-state index < -0.39 is 23.6 Å². The number of ether oxygens (including phenoxy) is 2. The molecule has 0 bridgehead atoms. The summed E-state index contributed by atoms with van der Waals surface area (Å²) in [4.78, 5) is 38.4. The fourth-order valence-corrected chi connectivity index (χ4v) is 2.99. The number of carbonyl (C=O) groups is 3. The summed E-state index contributed by atoms with van der Waals surface area (Å²) in [6.07, 6.45) is 0.912. The zero-order valence-corrected chi connectivity index (χ0v) is 16.8. The summed E-state index contributed by atoms with van der Waals surface area (Å²) in [5.41, 5.74) is -0.0887. The highest BCUT2D eigenvalue weighted by molar-refractivity contribution is 6.31. The molecule has 0 aromatic heterocycles. The van der Waals surface area contributed by atoms with Crippen molar-refractivity contribution in [3.8, 4) is 0 Å². The Kier molecular flexibility index (Phi) is 6.70. The SMILES string of the molecule is COC(=O)c1cc(Cl)ccc1NC(=O)C1CCCN(C(=O)OC(C)(C)C)C1. The molecule has 0 radical (unpaired) electrons. The molecule has 1 saturated heterocycles. The average molecular weight is 397 g/mol. The molecule has 1 aromatic carbocycles. The van der Waals surface area contributed by atoms with Gasteiger partial charge in [0.25, 0.3) is 0 Å². The summed E-state index contributed by atoms with van der Waals surface area (Å²) in [6, 6.07) is 4.58. The number of methoxy groups -OCH3 is 1. The predicted octanol–water partition coefficient (Wildman–Crippen LogP) is 3.71. The van der Waals surface area contributed by atoms with Crippen molar-refractivity contribution >= 4 is 35.3 Å². The molecule has 1 N–H and O–H groups in total. The van der Waals surface area contributed by atoms with E-state index in [1.165, 1.54) is 13.2 Å². The number of carbonyl (C=O) groups excluding carboxylic acids is 3. The number of hydrogen-bond acceptors (Lipinski definition) is 5. The molecule has 1 aliphatic rings. The number of amides is 2. The Morgan fingerprint density at radius 1 is 1.26 bits per heavy atom. The Balaban J connectivity index is 2.08. The Morgan fingerprint density at radius 3 is 2.59 bits per heavy atom. The van der Waals surface area contributed by atoms with Crippen LogP contribution >= 0.6 is 11.6 Å². The maximum atomic E-state index is 12.7. The zero-order valence-electron chi connectivity index (χ0n) is 16.0. The van der Waals surface area contributed by atoms with E-state index >= 15 is 0 Å². The van der Waals surface area contributed by atoms with E-state index in [4.69, 9.17) is 21.1 Å². The largest absolute Gasteiger partial charge is 0.465 e. The number of esters is 1. The van der Waals surface area contributed by atoms with E-state index in [1.807, 2.05) is 0 Å². The molecule has 1 aliphatic heterocycles. The van der Waals surface area contributed by atoms with E-state index in [0.29, 0.717) is 30.1 Å². The van der Waals surface area contributed by atoms with Crippen LogP contribution in [0.15, 0.2) is 18.2 Å². The highest BCUT2D eigenvalue weighted by Crippen LogP contribution is 2.25. The van der Waals surface area contributed by atoms with Crippen molar-refractivity contribution in [3.05, 3.63) is 28.8 Å². The van der Waals surface area contributed by atoms with Crippen LogP contribution in [-0.2, 0) is 14.3 Å². The molecule has 1 atom stereocenters. The fourth-order valence-electron chi connectivity index (χ4n) is 2.82. The number of rotatable bonds is 3. The van der Waals surface area contributed by atoms with Crippen LogP contribution in [0, 0.1) is 5.92 Å². The second-order valence-corrected chi connectivity index (χ2v) is 7.87. The third-order valence-electron chi connectivity index (χ3n) is 4.09. The number of likely N-dealkylation sites (tertiary alicyclic amines) is 1. The number of nitrogens with one attached hydrogen (secondary N) is 1. The lowest BCUT2D eigenvalue weighted by Gasteiger charge is -2.33. The molecule has 0 spiro atoms. The average Bonchev–Trinajstić information content (AvgIpc) is 2.61. The van der Waals surface area contributed by atoms with Crippen LogP contribution in [0.5, 0.6) is 0 Å². The topological polar surface area (TPSA) is 84.9 Å². The Morgan fingerprint density at radius 2 is 1.96 bits per heavy atom. The summed E-state index contributed by atoms with van der Waals surface area (Å²) in [5, 5.41) is 3.12. The Labute approximate surface area is 163 Å². The molecule has 1 aromatic rings. The van der Waals surface area contributed by atoms with Gasteiger partial charge in [-0.25, -0.2) is 9.59 Å². The van der Waals surface area contributed by atoms with E-state index in [9.17, 15) is 14.4 Å². The first kappa shape index (κ1) is 21.0. The normalized spacial score (nSPS) is 17.2. The number of piperidine rings is 1. The van der Waals surface area contributed by atoms with Gasteiger partial charge in [-0.05, 0) is 51.8 Å². The summed E-state index contributed by atoms with van der Waals surface area (Å²) in [6.45, 7) is 6.21. The van der Waals surface area contributed by atoms with Crippen LogP contribution in [0.25, 0.3) is 0 Å². The van der Waals surface area contributed by atoms with Gasteiger partial charge in [-0.2, -0.15) is 0 Å². The molecule has 0 aliphatic carbocycles. The number of halogens is 1. The van der Waals surface area contributed by atoms with Gasteiger partial charge in [-0.1, -0.05) is 11.6 Å². The van der Waals surface area contributed by atoms with Crippen LogP contribution in [0.1, 0.15) is 44.0 Å². The monoisotopic (exact) mass is 396 g/mol. The molecule has 148 valence electrons. The van der Waals surface area contributed by atoms with Crippen LogP contribution in [-0.4, -0.2) is 48.7 Å². The molecule has 8 heteroatoms. The van der Waals surface area contributed by atoms with Gasteiger partial charge in [-0.3, -0.25) is 4.79 Å². The van der Waals surface area contributed by atoms with E-state index in [1.54, 1.807) is 37.8 Å². The number of hydrogen-bond donors (Lipinski definition) is 1. The second kappa shape index (κ2) is 8.61. The summed E-state index contributed by atoms with van der Waals surface area (Å²) in [5.74, 6) is -1.25. The summed E-state index contributed by atoms with van der Waals surface area (Å²) < 4.78 is 10.1. The van der Waals surface area contributed by atoms with Gasteiger partial charge >= 0.3 is 12.1 Å². The van der Waals surface area contributed by atoms with Gasteiger partial charge in [0.15, 0.2) is 0 Å². The van der Waals surface area contributed by atoms with Crippen molar-refractivity contribution in [1.29, 1.82) is 0 Å². The van der Waals surface area contributed by atoms with Gasteiger partial charge in [-0.15, -0.1) is 0 Å². The fraction of sp³-hybridized carbons (Fsp3) is 0.526. The highest BCUT2D eigenvalue weighted by atomic mass is 35.5. The van der Waals surface area contributed by atoms with Gasteiger partial charge in [0.2, 0.25) is 5.91 Å². The lowest BCUT2D eigenvalue weighted by Crippen LogP contribution is -2.45. The molecular formula is C19H25ClN2O5. The molecule has 2 rings (SSSR count). The lowest BCUT2D eigenvalue weighted by molar-refractivity contribution is -0.121. The van der Waals surface area contributed by atoms with Gasteiger partial charge in [0, 0.05) is 18.1 Å². The predicted molar refractivity (Wildman–Crippen MR) is 102 cm³/mol. The number of benzene rings is 1. The number of anilines is 1. The van der Waals surface area contributed by atoms with E-state index in [2.05, 4.69) is 5.32 Å². The first-order valence-electron chi connectivity index (χ1n) is 8.77. The van der Waals surface area contributed by atoms with Crippen LogP contribution in [0.4, 0.5) is 10.5 Å². The maximum absolute atomic E-state index is 12.7. The first-order valence-corrected chi connectivity index (χ1v) is 9.15. The van der Waals surface area contributed by atoms with Gasteiger partial charge < -0.3 is 19.7 Å². The quantitative estimate of drug-likeness (QED) is 0.787. The van der Waals surface area contributed by atoms with E-state index in [-0.39, 0.29) is 18.0 Å². The van der Waals surface area contributed by atoms with Crippen molar-refractivity contribution in [2.45, 2.75) is 39.2 Å². The molecule has 2 amide bonds. The second-order valence-electron chi connectivity index (χ2n) is 7.44. The minimum atomic E-state index is -0.592. The maximum Gasteiger partial charge on any atom is 0.410 e. The molecule has 1 heterocycles. The molecule has 27 heavy (non-hydrogen) atoms. The first-order chi connectivity index (χ1) is 12.6. The van der Waals surface area contributed by atoms with Crippen LogP contribution in [0.2, 0.25) is 5.02 Å². The van der Waals surface area contributed by atoms with Gasteiger partial charge in [0.1, 0.15) is 5.60 Å².